The van der Waals surface area contributed by atoms with Crippen LogP contribution in [-0.2, 0) is 19.1 Å². The minimum Gasteiger partial charge on any atom is -0.481 e. The van der Waals surface area contributed by atoms with Crippen molar-refractivity contribution in [1.29, 1.82) is 0 Å². The first-order valence-corrected chi connectivity index (χ1v) is 14.0. The Labute approximate surface area is 230 Å². The third kappa shape index (κ3) is 3.89. The van der Waals surface area contributed by atoms with Crippen LogP contribution in [0.15, 0.2) is 55.1 Å². The van der Waals surface area contributed by atoms with Crippen LogP contribution in [0, 0.1) is 17.8 Å². The number of fused-ring (bicyclic) bond motifs is 2. The number of halogens is 1. The molecule has 2 aromatic carbocycles. The predicted molar refractivity (Wildman–Crippen MR) is 147 cm³/mol. The van der Waals surface area contributed by atoms with Crippen LogP contribution in [-0.4, -0.2) is 74.7 Å². The van der Waals surface area contributed by atoms with Gasteiger partial charge < -0.3 is 24.7 Å². The second-order valence-corrected chi connectivity index (χ2v) is 11.8. The number of anilines is 1. The third-order valence-corrected chi connectivity index (χ3v) is 9.56. The summed E-state index contributed by atoms with van der Waals surface area (Å²) >= 11 is 3.58. The second-order valence-electron chi connectivity index (χ2n) is 10.7. The van der Waals surface area contributed by atoms with Crippen molar-refractivity contribution in [2.75, 3.05) is 18.1 Å². The van der Waals surface area contributed by atoms with Gasteiger partial charge in [0.2, 0.25) is 5.91 Å². The number of alkyl halides is 1. The van der Waals surface area contributed by atoms with Crippen LogP contribution >= 0.6 is 15.9 Å². The van der Waals surface area contributed by atoms with Crippen molar-refractivity contribution in [2.24, 2.45) is 17.8 Å². The zero-order valence-corrected chi connectivity index (χ0v) is 23.1. The van der Waals surface area contributed by atoms with Crippen molar-refractivity contribution in [3.8, 4) is 0 Å². The lowest BCUT2D eigenvalue weighted by atomic mass is 9.70. The summed E-state index contributed by atoms with van der Waals surface area (Å²) < 4.78 is 6.40. The Bertz CT molecular complexity index is 1280. The van der Waals surface area contributed by atoms with Gasteiger partial charge in [0.15, 0.2) is 0 Å². The van der Waals surface area contributed by atoms with Gasteiger partial charge in [-0.05, 0) is 35.2 Å². The lowest BCUT2D eigenvalue weighted by Gasteiger charge is -2.41. The summed E-state index contributed by atoms with van der Waals surface area (Å²) in [6.07, 6.45) is 1.90. The van der Waals surface area contributed by atoms with Gasteiger partial charge in [-0.15, -0.1) is 6.58 Å². The smallest absolute Gasteiger partial charge is 0.310 e. The molecule has 3 heterocycles. The van der Waals surface area contributed by atoms with E-state index in [-0.39, 0.29) is 29.8 Å². The number of nitrogens with zero attached hydrogens (tertiary/aromatic N) is 2. The number of carbonyl (C=O) groups is 3. The van der Waals surface area contributed by atoms with Gasteiger partial charge in [-0.1, -0.05) is 72.6 Å². The highest BCUT2D eigenvalue weighted by Gasteiger charge is 2.77. The quantitative estimate of drug-likeness (QED) is 0.344. The van der Waals surface area contributed by atoms with Crippen LogP contribution in [0.2, 0.25) is 0 Å². The number of benzene rings is 2. The Hall–Kier alpha value is -2.75. The van der Waals surface area contributed by atoms with Crippen molar-refractivity contribution in [3.63, 3.8) is 0 Å². The number of carboxylic acid groups (broad SMARTS) is 1. The van der Waals surface area contributed by atoms with E-state index < -0.39 is 47.5 Å². The normalized spacial score (nSPS) is 31.3. The first-order chi connectivity index (χ1) is 18.2. The molecule has 8 nitrogen and oxygen atoms in total. The minimum atomic E-state index is -1.31. The van der Waals surface area contributed by atoms with E-state index in [4.69, 9.17) is 4.74 Å². The largest absolute Gasteiger partial charge is 0.481 e. The van der Waals surface area contributed by atoms with Crippen molar-refractivity contribution in [2.45, 2.75) is 55.3 Å². The Morgan fingerprint density at radius 1 is 1.29 bits per heavy atom. The van der Waals surface area contributed by atoms with E-state index in [1.165, 1.54) is 4.90 Å². The summed E-state index contributed by atoms with van der Waals surface area (Å²) in [6, 6.07) is 11.8. The first-order valence-electron chi connectivity index (χ1n) is 13.1. The van der Waals surface area contributed by atoms with Crippen molar-refractivity contribution >= 4 is 50.2 Å². The fourth-order valence-corrected chi connectivity index (χ4v) is 7.69. The SMILES string of the molecule is C=CCN(C(=O)[C@@H]1N([C@@H](CO)[C@@H](C)CC)C(=O)[C@H]2[C@H](C(=O)O)[C@H]3O[C@@]12CC3Br)c1ccc2ccccc2c1. The molecule has 3 aliphatic heterocycles. The fraction of sp³-hybridized carbons (Fsp3) is 0.483. The van der Waals surface area contributed by atoms with E-state index in [1.807, 2.05) is 56.3 Å². The summed E-state index contributed by atoms with van der Waals surface area (Å²) in [5, 5.41) is 22.5. The first kappa shape index (κ1) is 26.8. The molecule has 1 spiro atoms. The highest BCUT2D eigenvalue weighted by Crippen LogP contribution is 2.60. The van der Waals surface area contributed by atoms with Gasteiger partial charge in [-0.25, -0.2) is 0 Å². The number of aliphatic carboxylic acids is 1. The van der Waals surface area contributed by atoms with Crippen LogP contribution in [0.5, 0.6) is 0 Å². The maximum atomic E-state index is 14.6. The second kappa shape index (κ2) is 10.1. The lowest BCUT2D eigenvalue weighted by molar-refractivity contribution is -0.151. The Morgan fingerprint density at radius 3 is 2.63 bits per heavy atom. The maximum Gasteiger partial charge on any atom is 0.310 e. The average Bonchev–Trinajstić information content (AvgIpc) is 3.50. The molecule has 0 aliphatic carbocycles. The van der Waals surface area contributed by atoms with Gasteiger partial charge in [-0.2, -0.15) is 0 Å². The average molecular weight is 585 g/mol. The molecule has 9 heteroatoms. The molecule has 3 aliphatic rings. The Balaban J connectivity index is 1.65. The van der Waals surface area contributed by atoms with Crippen LogP contribution in [0.25, 0.3) is 10.8 Å². The number of carbonyl (C=O) groups excluding carboxylic acids is 2. The third-order valence-electron chi connectivity index (χ3n) is 8.71. The molecule has 202 valence electrons. The van der Waals surface area contributed by atoms with Crippen molar-refractivity contribution < 1.29 is 29.3 Å². The van der Waals surface area contributed by atoms with E-state index in [0.717, 1.165) is 10.8 Å². The molecule has 8 atom stereocenters. The Morgan fingerprint density at radius 2 is 2.00 bits per heavy atom. The van der Waals surface area contributed by atoms with E-state index in [2.05, 4.69) is 22.5 Å². The summed E-state index contributed by atoms with van der Waals surface area (Å²) in [6.45, 7) is 7.58. The topological polar surface area (TPSA) is 107 Å². The molecule has 38 heavy (non-hydrogen) atoms. The molecule has 2 bridgehead atoms. The number of ether oxygens (including phenoxy) is 1. The summed E-state index contributed by atoms with van der Waals surface area (Å²) in [4.78, 5) is 43.8. The predicted octanol–water partition coefficient (Wildman–Crippen LogP) is 3.60. The van der Waals surface area contributed by atoms with Gasteiger partial charge in [-0.3, -0.25) is 14.4 Å². The van der Waals surface area contributed by atoms with E-state index in [0.29, 0.717) is 18.5 Å². The van der Waals surface area contributed by atoms with Crippen molar-refractivity contribution in [3.05, 3.63) is 55.1 Å². The van der Waals surface area contributed by atoms with E-state index in [1.54, 1.807) is 11.0 Å². The molecule has 0 saturated carbocycles. The number of aliphatic hydroxyl groups is 1. The van der Waals surface area contributed by atoms with Crippen LogP contribution < -0.4 is 4.90 Å². The van der Waals surface area contributed by atoms with Gasteiger partial charge in [0.25, 0.3) is 5.91 Å². The molecule has 1 unspecified atom stereocenters. The van der Waals surface area contributed by atoms with Crippen molar-refractivity contribution in [1.82, 2.24) is 4.90 Å². The molecular weight excluding hydrogens is 552 g/mol. The number of rotatable bonds is 9. The minimum absolute atomic E-state index is 0.122. The maximum absolute atomic E-state index is 14.6. The number of carboxylic acids is 1. The molecule has 2 N–H and O–H groups in total. The molecule has 2 amide bonds. The zero-order valence-electron chi connectivity index (χ0n) is 21.5. The summed E-state index contributed by atoms with van der Waals surface area (Å²) in [5.41, 5.74) is -0.671. The molecular formula is C29H33BrN2O6. The molecule has 3 saturated heterocycles. The monoisotopic (exact) mass is 584 g/mol. The van der Waals surface area contributed by atoms with Crippen LogP contribution in [0.1, 0.15) is 26.7 Å². The molecule has 3 fully saturated rings. The number of likely N-dealkylation sites (tertiary alicyclic amines) is 1. The van der Waals surface area contributed by atoms with E-state index >= 15 is 0 Å². The molecule has 0 aromatic heterocycles. The molecule has 2 aromatic rings. The van der Waals surface area contributed by atoms with Gasteiger partial charge in [0.05, 0.1) is 30.6 Å². The van der Waals surface area contributed by atoms with Gasteiger partial charge in [0.1, 0.15) is 11.6 Å². The number of hydrogen-bond acceptors (Lipinski definition) is 5. The Kier molecular flexibility index (Phi) is 7.13. The molecule has 0 radical (unpaired) electrons. The van der Waals surface area contributed by atoms with Gasteiger partial charge >= 0.3 is 5.97 Å². The highest BCUT2D eigenvalue weighted by atomic mass is 79.9. The summed E-state index contributed by atoms with van der Waals surface area (Å²) in [5.74, 6) is -4.13. The zero-order chi connectivity index (χ0) is 27.4. The molecule has 5 rings (SSSR count). The fourth-order valence-electron chi connectivity index (χ4n) is 6.74. The number of amides is 2. The standard InChI is InChI=1S/C29H33BrN2O6/c1-4-12-31(19-11-10-17-8-6-7-9-18(17)13-19)27(35)25-29-14-20(30)24(38-29)22(28(36)37)23(29)26(34)32(25)21(15-33)16(3)5-2/h4,6-11,13,16,20-25,33H,1,5,12,14-15H2,2-3H3,(H,36,37)/t16-,20?,21-,22-,23+,24-,25-,29+/m0/s1. The number of hydrogen-bond donors (Lipinski definition) is 2. The number of aliphatic hydroxyl groups excluding tert-OH is 1. The lowest BCUT2D eigenvalue weighted by Crippen LogP contribution is -2.60. The van der Waals surface area contributed by atoms with Gasteiger partial charge in [0, 0.05) is 17.1 Å². The highest BCUT2D eigenvalue weighted by molar-refractivity contribution is 9.09. The van der Waals surface area contributed by atoms with Crippen LogP contribution in [0.4, 0.5) is 5.69 Å². The summed E-state index contributed by atoms with van der Waals surface area (Å²) in [7, 11) is 0. The van der Waals surface area contributed by atoms with Crippen LogP contribution in [0.3, 0.4) is 0 Å². The van der Waals surface area contributed by atoms with E-state index in [9.17, 15) is 24.6 Å².